The summed E-state index contributed by atoms with van der Waals surface area (Å²) >= 11 is 1.47. The van der Waals surface area contributed by atoms with Crippen LogP contribution in [-0.4, -0.2) is 269 Å². The van der Waals surface area contributed by atoms with Gasteiger partial charge in [-0.3, -0.25) is 52.7 Å². The van der Waals surface area contributed by atoms with E-state index in [4.69, 9.17) is 9.47 Å². The number of thioether (sulfide) groups is 1. The van der Waals surface area contributed by atoms with Crippen LogP contribution in [0, 0.1) is 11.8 Å². The Morgan fingerprint density at radius 1 is 0.585 bits per heavy atom. The molecule has 0 radical (unpaired) electrons. The van der Waals surface area contributed by atoms with E-state index in [2.05, 4.69) is 65.4 Å². The molecule has 19 unspecified atom stereocenters. The number of unbranched alkanes of at least 4 members (excludes halogenated alkanes) is 3. The number of carbonyl (C=O) groups excluding carboxylic acids is 12. The number of rotatable bonds is 39. The van der Waals surface area contributed by atoms with E-state index < -0.39 is 223 Å². The summed E-state index contributed by atoms with van der Waals surface area (Å²) in [5.74, 6) is -10.9. The quantitative estimate of drug-likeness (QED) is 0.0149. The van der Waals surface area contributed by atoms with Gasteiger partial charge in [0, 0.05) is 51.4 Å². The van der Waals surface area contributed by atoms with E-state index >= 15 is 9.59 Å². The van der Waals surface area contributed by atoms with Gasteiger partial charge >= 0.3 is 6.09 Å². The van der Waals surface area contributed by atoms with Crippen LogP contribution in [0.15, 0.2) is 152 Å². The van der Waals surface area contributed by atoms with Gasteiger partial charge in [-0.15, -0.1) is 0 Å². The first-order valence-electron chi connectivity index (χ1n) is 43.8. The number of hydrogen-bond donors (Lipinski definition) is 20. The second-order valence-electron chi connectivity index (χ2n) is 33.6. The summed E-state index contributed by atoms with van der Waals surface area (Å²) in [4.78, 5) is 172. The lowest BCUT2D eigenvalue weighted by Gasteiger charge is -2.34. The van der Waals surface area contributed by atoms with Crippen molar-refractivity contribution in [2.45, 2.75) is 235 Å². The van der Waals surface area contributed by atoms with Crippen molar-refractivity contribution in [3.8, 4) is 33.8 Å². The predicted octanol–water partition coefficient (Wildman–Crippen LogP) is 2.08. The van der Waals surface area contributed by atoms with Gasteiger partial charge in [-0.25, -0.2) is 4.79 Å². The molecule has 3 heterocycles. The zero-order valence-electron chi connectivity index (χ0n) is 73.8. The largest absolute Gasteiger partial charge is 0.506 e. The number of amides is 12. The van der Waals surface area contributed by atoms with Gasteiger partial charge in [-0.2, -0.15) is 11.8 Å². The maximum atomic E-state index is 15.1. The van der Waals surface area contributed by atoms with Crippen molar-refractivity contribution in [3.63, 3.8) is 0 Å². The smallest absolute Gasteiger partial charge is 0.408 e. The Morgan fingerprint density at radius 2 is 1.17 bits per heavy atom. The van der Waals surface area contributed by atoms with Crippen LogP contribution in [-0.2, 0) is 77.0 Å². The summed E-state index contributed by atoms with van der Waals surface area (Å²) in [5, 5.41) is 133. The first-order chi connectivity index (χ1) is 62.2. The van der Waals surface area contributed by atoms with E-state index in [-0.39, 0.29) is 64.1 Å². The Kier molecular flexibility index (Phi) is 39.2. The molecule has 0 saturated carbocycles. The highest BCUT2D eigenvalue weighted by atomic mass is 32.2. The lowest BCUT2D eigenvalue weighted by atomic mass is 9.96. The lowest BCUT2D eigenvalue weighted by Crippen LogP contribution is -2.64. The van der Waals surface area contributed by atoms with Gasteiger partial charge in [0.15, 0.2) is 6.23 Å². The number of aliphatic hydroxyl groups is 8. The number of anilines is 1. The Labute approximate surface area is 759 Å². The van der Waals surface area contributed by atoms with Crippen LogP contribution in [0.1, 0.15) is 134 Å². The van der Waals surface area contributed by atoms with Crippen LogP contribution in [0.3, 0.4) is 0 Å². The molecule has 9 rings (SSSR count). The molecule has 3 aliphatic rings. The van der Waals surface area contributed by atoms with Gasteiger partial charge < -0.3 is 124 Å². The molecule has 6 aromatic carbocycles. The molecule has 3 aliphatic heterocycles. The van der Waals surface area contributed by atoms with Crippen molar-refractivity contribution in [1.29, 1.82) is 0 Å². The van der Waals surface area contributed by atoms with Gasteiger partial charge in [0.1, 0.15) is 90.8 Å². The predicted molar refractivity (Wildman–Crippen MR) is 481 cm³/mol. The second kappa shape index (κ2) is 49.9. The number of alkyl carbamates (subject to hydrolysis) is 1. The maximum Gasteiger partial charge on any atom is 0.408 e. The maximum absolute atomic E-state index is 15.1. The molecule has 20 N–H and O–H groups in total. The number of aliphatic hydroxyl groups excluding tert-OH is 8. The summed E-state index contributed by atoms with van der Waals surface area (Å²) in [6.07, 6.45) is -12.7. The summed E-state index contributed by atoms with van der Waals surface area (Å²) < 4.78 is 11.4. The minimum absolute atomic E-state index is 0.0253. The van der Waals surface area contributed by atoms with Crippen LogP contribution in [0.25, 0.3) is 22.3 Å². The number of nitrogens with zero attached hydrogens (tertiary/aromatic N) is 2. The molecule has 0 bridgehead atoms. The second-order valence-corrected chi connectivity index (χ2v) is 34.6. The van der Waals surface area contributed by atoms with Gasteiger partial charge in [-0.05, 0) is 139 Å². The molecule has 0 spiro atoms. The number of fused-ring (bicyclic) bond motifs is 2. The topological polar surface area (TPSA) is 544 Å². The van der Waals surface area contributed by atoms with E-state index in [1.54, 1.807) is 72.8 Å². The minimum Gasteiger partial charge on any atom is -0.506 e. The number of phenols is 1. The van der Waals surface area contributed by atoms with Gasteiger partial charge in [0.25, 0.3) is 0 Å². The van der Waals surface area contributed by atoms with Crippen molar-refractivity contribution in [2.24, 2.45) is 11.8 Å². The van der Waals surface area contributed by atoms with Crippen LogP contribution in [0.5, 0.6) is 11.5 Å². The number of carbonyl (C=O) groups is 12. The Hall–Kier alpha value is -11.7. The third kappa shape index (κ3) is 29.2. The summed E-state index contributed by atoms with van der Waals surface area (Å²) in [5.41, 5.74) is 4.63. The third-order valence-corrected chi connectivity index (χ3v) is 23.6. The average Bonchev–Trinajstić information content (AvgIpc) is 1.68. The lowest BCUT2D eigenvalue weighted by molar-refractivity contribution is -0.148. The van der Waals surface area contributed by atoms with Crippen LogP contribution >= 0.6 is 11.8 Å². The molecule has 12 amide bonds. The number of benzene rings is 6. The average molecular weight is 1820 g/mol. The molecule has 36 nitrogen and oxygen atoms in total. The molecular weight excluding hydrogens is 1700 g/mol. The van der Waals surface area contributed by atoms with Crippen LogP contribution in [0.2, 0.25) is 0 Å². The monoisotopic (exact) mass is 1820 g/mol. The highest BCUT2D eigenvalue weighted by Crippen LogP contribution is 2.33. The fourth-order valence-corrected chi connectivity index (χ4v) is 16.0. The molecule has 3 fully saturated rings. The molecule has 0 aliphatic carbocycles. The summed E-state index contributed by atoms with van der Waals surface area (Å²) in [6, 6.07) is 26.6. The standard InChI is InChI=1S/C93H123N13O23S/c1-8-9-18-40-128-65-35-32-62(33-36-65)61-30-28-60(29-31-61)59-26-24-57(25-27-59)47-95-69-46-74(112)88(122)104-90(124)78-79(113)53(4)48-106(78)92(126)76(55(6)109)102-89(123)77(103-87(121)72-45-64(110)49-105(72)91(125)75(54(5)108)101-85(69)119)81(115)80(114)63-34-37-73(111)68(44-63)97-84(118)67(100-93(127)129-50-58-21-14-11-15-22-58)23-16-17-39-94-82(116)71(43-56-19-12-10-13-20-56)99-86(120)70(42-52(2)3)98-83(117)66(96-51-107)38-41-130-7/h10-15,19-22,24-37,44,51-55,64,66-67,69-72,74-81,88,95,108-115,122H,8-9,16-18,23,38-43,45-50H2,1-7H3,(H,94,116)(H,96,107)(H,97,118)(H,98,117)(H,99,120)(H,100,127)(H,101,119)(H,102,123)(H,103,121)(H,104,124). The molecule has 6 aromatic rings. The van der Waals surface area contributed by atoms with Gasteiger partial charge in [0.2, 0.25) is 65.5 Å². The van der Waals surface area contributed by atoms with Crippen molar-refractivity contribution in [1.82, 2.24) is 63.0 Å². The van der Waals surface area contributed by atoms with Crippen molar-refractivity contribution in [2.75, 3.05) is 43.6 Å². The highest BCUT2D eigenvalue weighted by molar-refractivity contribution is 7.98. The first-order valence-corrected chi connectivity index (χ1v) is 45.2. The Balaban J connectivity index is 0.942. The third-order valence-electron chi connectivity index (χ3n) is 23.0. The number of ether oxygens (including phenoxy) is 2. The Morgan fingerprint density at radius 3 is 1.78 bits per heavy atom. The fourth-order valence-electron chi connectivity index (χ4n) is 15.6. The van der Waals surface area contributed by atoms with Crippen molar-refractivity contribution in [3.05, 3.63) is 174 Å². The van der Waals surface area contributed by atoms with Gasteiger partial charge in [0.05, 0.1) is 42.8 Å². The van der Waals surface area contributed by atoms with Crippen molar-refractivity contribution >= 4 is 89.0 Å². The van der Waals surface area contributed by atoms with E-state index in [0.717, 1.165) is 89.1 Å². The molecule has 0 aromatic heterocycles. The molecule has 3 saturated heterocycles. The fraction of sp³-hybridized carbons (Fsp3) is 0.484. The van der Waals surface area contributed by atoms with E-state index in [9.17, 15) is 93.9 Å². The van der Waals surface area contributed by atoms with Crippen LogP contribution in [0.4, 0.5) is 10.5 Å². The molecule has 19 atom stereocenters. The van der Waals surface area contributed by atoms with E-state index in [0.29, 0.717) is 35.5 Å². The number of nitrogens with one attached hydrogen (secondary N) is 11. The van der Waals surface area contributed by atoms with E-state index in [1.807, 2.05) is 80.8 Å². The number of hydrogen-bond acceptors (Lipinski definition) is 25. The summed E-state index contributed by atoms with van der Waals surface area (Å²) in [7, 11) is 0. The number of aromatic hydroxyl groups is 1. The normalized spacial score (nSPS) is 22.4. The Bertz CT molecular complexity index is 4760. The SMILES string of the molecule is CCCCCOc1ccc(-c2ccc(-c3ccc(CNC4CC(O)C(O)NC(=O)C5C(O)C(C)CN5C(=O)C(C(C)O)NC(=O)C(C(O)C(O)c5ccc(O)c(NC(=O)C(CCCCNC(=O)C(Cc6ccccc6)NC(=O)C(CC(C)C)NC(=O)C(CCSC)NC=O)NC(=O)OCc6ccccc6)c5)NC(=O)C5CC(O)CN5C(=O)C(C(C)O)NC4=O)cc3)cc2)cc1. The van der Waals surface area contributed by atoms with Gasteiger partial charge in [-0.1, -0.05) is 168 Å². The highest BCUT2D eigenvalue weighted by Gasteiger charge is 2.51. The number of phenolic OH excluding ortho intramolecular Hbond substituents is 1. The first kappa shape index (κ1) is 102. The molecule has 130 heavy (non-hydrogen) atoms. The van der Waals surface area contributed by atoms with E-state index in [1.165, 1.54) is 18.7 Å². The molecular formula is C93H123N13O23S. The molecule has 37 heteroatoms. The summed E-state index contributed by atoms with van der Waals surface area (Å²) in [6.45, 7) is 8.60. The van der Waals surface area contributed by atoms with Crippen LogP contribution < -0.4 is 63.2 Å². The zero-order chi connectivity index (χ0) is 94.4. The minimum atomic E-state index is -2.59. The molecule has 704 valence electrons. The zero-order valence-corrected chi connectivity index (χ0v) is 74.6. The van der Waals surface area contributed by atoms with Crippen molar-refractivity contribution < 1.29 is 113 Å².